The van der Waals surface area contributed by atoms with Gasteiger partial charge in [-0.2, -0.15) is 0 Å². The predicted molar refractivity (Wildman–Crippen MR) is 100 cm³/mol. The molecule has 0 aromatic carbocycles. The first kappa shape index (κ1) is 19.6. The van der Waals surface area contributed by atoms with E-state index in [-0.39, 0.29) is 41.2 Å². The number of likely N-dealkylation sites (tertiary alicyclic amines) is 1. The zero-order valence-electron chi connectivity index (χ0n) is 16.0. The Bertz CT molecular complexity index is 640. The highest BCUT2D eigenvalue weighted by Crippen LogP contribution is 2.33. The summed E-state index contributed by atoms with van der Waals surface area (Å²) in [6.07, 6.45) is 5.87. The van der Waals surface area contributed by atoms with Crippen LogP contribution >= 0.6 is 0 Å². The van der Waals surface area contributed by atoms with E-state index in [4.69, 9.17) is 0 Å². The maximum atomic E-state index is 12.8. The fraction of sp³-hybridized carbons (Fsp3) is 0.895. The van der Waals surface area contributed by atoms with E-state index in [2.05, 4.69) is 6.92 Å². The molecule has 26 heavy (non-hydrogen) atoms. The van der Waals surface area contributed by atoms with Crippen LogP contribution < -0.4 is 0 Å². The third-order valence-electron chi connectivity index (χ3n) is 6.50. The van der Waals surface area contributed by atoms with Gasteiger partial charge < -0.3 is 9.80 Å². The number of hydrogen-bond acceptors (Lipinski definition) is 4. The summed E-state index contributed by atoms with van der Waals surface area (Å²) in [5, 5.41) is 0. The molecule has 6 nitrogen and oxygen atoms in total. The molecule has 2 saturated heterocycles. The van der Waals surface area contributed by atoms with Gasteiger partial charge in [0.05, 0.1) is 11.5 Å². The van der Waals surface area contributed by atoms with Gasteiger partial charge in [0.2, 0.25) is 11.8 Å². The van der Waals surface area contributed by atoms with E-state index in [1.807, 2.05) is 4.90 Å². The summed E-state index contributed by atoms with van der Waals surface area (Å²) in [5.74, 6) is 1.19. The third-order valence-corrected chi connectivity index (χ3v) is 8.25. The second-order valence-corrected chi connectivity index (χ2v) is 10.8. The first-order valence-corrected chi connectivity index (χ1v) is 11.8. The lowest BCUT2D eigenvalue weighted by molar-refractivity contribution is -0.142. The Balaban J connectivity index is 1.50. The molecule has 2 unspecified atom stereocenters. The maximum absolute atomic E-state index is 12.8. The number of piperidine rings is 1. The Morgan fingerprint density at radius 1 is 1.00 bits per heavy atom. The monoisotopic (exact) mass is 384 g/mol. The highest BCUT2D eigenvalue weighted by molar-refractivity contribution is 7.91. The molecule has 2 amide bonds. The molecule has 1 saturated carbocycles. The minimum Gasteiger partial charge on any atom is -0.342 e. The van der Waals surface area contributed by atoms with Crippen LogP contribution in [0.25, 0.3) is 0 Å². The van der Waals surface area contributed by atoms with Gasteiger partial charge in [-0.25, -0.2) is 8.42 Å². The Morgan fingerprint density at radius 2 is 1.65 bits per heavy atom. The van der Waals surface area contributed by atoms with Gasteiger partial charge in [0.25, 0.3) is 0 Å². The van der Waals surface area contributed by atoms with Gasteiger partial charge in [-0.05, 0) is 50.9 Å². The molecule has 7 heteroatoms. The SMILES string of the molecule is CC1CCCN(C(=O)C2CCC(C(=O)N(C)C3CCS(=O)(=O)C3)CC2)C1. The van der Waals surface area contributed by atoms with Crippen LogP contribution in [-0.4, -0.2) is 67.7 Å². The van der Waals surface area contributed by atoms with Gasteiger partial charge in [0, 0.05) is 38.0 Å². The van der Waals surface area contributed by atoms with Crippen molar-refractivity contribution in [3.63, 3.8) is 0 Å². The molecule has 2 heterocycles. The van der Waals surface area contributed by atoms with Crippen molar-refractivity contribution in [1.82, 2.24) is 9.80 Å². The summed E-state index contributed by atoms with van der Waals surface area (Å²) in [6.45, 7) is 3.95. The topological polar surface area (TPSA) is 74.8 Å². The van der Waals surface area contributed by atoms with Crippen molar-refractivity contribution in [2.24, 2.45) is 17.8 Å². The average Bonchev–Trinajstić information content (AvgIpc) is 3.00. The molecule has 0 spiro atoms. The normalized spacial score (nSPS) is 34.5. The molecule has 0 N–H and O–H groups in total. The van der Waals surface area contributed by atoms with E-state index in [0.29, 0.717) is 12.3 Å². The lowest BCUT2D eigenvalue weighted by atomic mass is 9.80. The van der Waals surface area contributed by atoms with Gasteiger partial charge in [-0.1, -0.05) is 6.92 Å². The molecule has 0 radical (unpaired) electrons. The molecule has 0 aromatic heterocycles. The van der Waals surface area contributed by atoms with Gasteiger partial charge in [-0.3, -0.25) is 9.59 Å². The van der Waals surface area contributed by atoms with Gasteiger partial charge >= 0.3 is 0 Å². The standard InChI is InChI=1S/C19H32N2O4S/c1-14-4-3-10-21(12-14)19(23)16-7-5-15(6-8-16)18(22)20(2)17-9-11-26(24,25)13-17/h14-17H,3-13H2,1-2H3. The summed E-state index contributed by atoms with van der Waals surface area (Å²) >= 11 is 0. The molecular weight excluding hydrogens is 352 g/mol. The Morgan fingerprint density at radius 3 is 2.23 bits per heavy atom. The summed E-state index contributed by atoms with van der Waals surface area (Å²) in [5.41, 5.74) is 0. The van der Waals surface area contributed by atoms with Crippen molar-refractivity contribution in [1.29, 1.82) is 0 Å². The number of nitrogens with zero attached hydrogens (tertiary/aromatic N) is 2. The maximum Gasteiger partial charge on any atom is 0.225 e. The van der Waals surface area contributed by atoms with Crippen molar-refractivity contribution in [3.05, 3.63) is 0 Å². The first-order chi connectivity index (χ1) is 12.3. The van der Waals surface area contributed by atoms with Gasteiger partial charge in [0.1, 0.15) is 0 Å². The van der Waals surface area contributed by atoms with Crippen LogP contribution in [0.15, 0.2) is 0 Å². The van der Waals surface area contributed by atoms with Crippen molar-refractivity contribution in [3.8, 4) is 0 Å². The lowest BCUT2D eigenvalue weighted by Gasteiger charge is -2.36. The molecule has 148 valence electrons. The Hall–Kier alpha value is -1.11. The zero-order chi connectivity index (χ0) is 18.9. The number of amides is 2. The summed E-state index contributed by atoms with van der Waals surface area (Å²) in [7, 11) is -1.25. The van der Waals surface area contributed by atoms with Crippen LogP contribution in [0.1, 0.15) is 51.9 Å². The first-order valence-electron chi connectivity index (χ1n) is 10.0. The Labute approximate surface area is 157 Å². The van der Waals surface area contributed by atoms with Gasteiger partial charge in [0.15, 0.2) is 9.84 Å². The van der Waals surface area contributed by atoms with Crippen molar-refractivity contribution in [2.75, 3.05) is 31.6 Å². The molecule has 3 fully saturated rings. The molecule has 0 aromatic rings. The molecule has 3 rings (SSSR count). The summed E-state index contributed by atoms with van der Waals surface area (Å²) in [4.78, 5) is 29.2. The number of carbonyl (C=O) groups is 2. The molecule has 0 bridgehead atoms. The minimum atomic E-state index is -2.99. The van der Waals surface area contributed by atoms with Crippen LogP contribution in [0.5, 0.6) is 0 Å². The fourth-order valence-corrected chi connectivity index (χ4v) is 6.56. The molecule has 3 aliphatic rings. The summed E-state index contributed by atoms with van der Waals surface area (Å²) < 4.78 is 23.3. The average molecular weight is 385 g/mol. The van der Waals surface area contributed by atoms with E-state index in [1.165, 1.54) is 6.42 Å². The largest absolute Gasteiger partial charge is 0.342 e. The van der Waals surface area contributed by atoms with E-state index < -0.39 is 9.84 Å². The van der Waals surface area contributed by atoms with E-state index >= 15 is 0 Å². The van der Waals surface area contributed by atoms with Crippen molar-refractivity contribution < 1.29 is 18.0 Å². The van der Waals surface area contributed by atoms with Crippen molar-refractivity contribution in [2.45, 2.75) is 57.9 Å². The molecule has 2 aliphatic heterocycles. The lowest BCUT2D eigenvalue weighted by Crippen LogP contribution is -2.45. The quantitative estimate of drug-likeness (QED) is 0.742. The molecule has 2 atom stereocenters. The third kappa shape index (κ3) is 4.41. The highest BCUT2D eigenvalue weighted by atomic mass is 32.2. The highest BCUT2D eigenvalue weighted by Gasteiger charge is 2.38. The van der Waals surface area contributed by atoms with E-state index in [9.17, 15) is 18.0 Å². The van der Waals surface area contributed by atoms with Crippen LogP contribution in [0.4, 0.5) is 0 Å². The number of rotatable bonds is 3. The zero-order valence-corrected chi connectivity index (χ0v) is 16.8. The number of carbonyl (C=O) groups excluding carboxylic acids is 2. The smallest absolute Gasteiger partial charge is 0.225 e. The van der Waals surface area contributed by atoms with Crippen LogP contribution in [0, 0.1) is 17.8 Å². The van der Waals surface area contributed by atoms with E-state index in [0.717, 1.165) is 45.2 Å². The minimum absolute atomic E-state index is 0.0570. The number of hydrogen-bond donors (Lipinski definition) is 0. The van der Waals surface area contributed by atoms with Crippen LogP contribution in [0.3, 0.4) is 0 Å². The summed E-state index contributed by atoms with van der Waals surface area (Å²) in [6, 6.07) is -0.179. The second-order valence-electron chi connectivity index (χ2n) is 8.59. The fourth-order valence-electron chi connectivity index (χ4n) is 4.78. The van der Waals surface area contributed by atoms with Gasteiger partial charge in [-0.15, -0.1) is 0 Å². The predicted octanol–water partition coefficient (Wildman–Crippen LogP) is 1.70. The van der Waals surface area contributed by atoms with Crippen molar-refractivity contribution >= 4 is 21.7 Å². The Kier molecular flexibility index (Phi) is 5.94. The van der Waals surface area contributed by atoms with Crippen LogP contribution in [0.2, 0.25) is 0 Å². The van der Waals surface area contributed by atoms with Crippen LogP contribution in [-0.2, 0) is 19.4 Å². The molecular formula is C19H32N2O4S. The second kappa shape index (κ2) is 7.87. The molecule has 1 aliphatic carbocycles. The van der Waals surface area contributed by atoms with E-state index in [1.54, 1.807) is 11.9 Å². The number of sulfone groups is 1.